The lowest BCUT2D eigenvalue weighted by Crippen LogP contribution is -2.45. The molecule has 0 radical (unpaired) electrons. The van der Waals surface area contributed by atoms with Gasteiger partial charge in [0, 0.05) is 55.5 Å². The van der Waals surface area contributed by atoms with E-state index in [9.17, 15) is 5.26 Å². The molecule has 9 nitrogen and oxygen atoms in total. The predicted molar refractivity (Wildman–Crippen MR) is 161 cm³/mol. The van der Waals surface area contributed by atoms with Gasteiger partial charge in [0.15, 0.2) is 13.5 Å². The first-order valence-electron chi connectivity index (χ1n) is 13.8. The lowest BCUT2D eigenvalue weighted by Gasteiger charge is -2.39. The zero-order valence-electron chi connectivity index (χ0n) is 24.1. The summed E-state index contributed by atoms with van der Waals surface area (Å²) in [7, 11) is -1.94. The number of anilines is 3. The van der Waals surface area contributed by atoms with Crippen molar-refractivity contribution in [2.45, 2.75) is 64.2 Å². The maximum atomic E-state index is 10.0. The summed E-state index contributed by atoms with van der Waals surface area (Å²) in [5, 5.41) is 21.7. The van der Waals surface area contributed by atoms with Gasteiger partial charge in [-0.1, -0.05) is 39.3 Å². The van der Waals surface area contributed by atoms with Crippen LogP contribution in [0, 0.1) is 17.2 Å². The van der Waals surface area contributed by atoms with Crippen LogP contribution in [0.15, 0.2) is 30.5 Å². The lowest BCUT2D eigenvalue weighted by atomic mass is 9.83. The summed E-state index contributed by atoms with van der Waals surface area (Å²) in [6.07, 6.45) is 2.71. The normalized spacial score (nSPS) is 20.7. The van der Waals surface area contributed by atoms with Crippen LogP contribution < -0.4 is 10.6 Å². The molecule has 0 saturated carbocycles. The van der Waals surface area contributed by atoms with Gasteiger partial charge in [0.1, 0.15) is 11.9 Å². The fourth-order valence-electron chi connectivity index (χ4n) is 4.90. The molecule has 2 aliphatic heterocycles. The Morgan fingerprint density at radius 1 is 1.32 bits per heavy atom. The van der Waals surface area contributed by atoms with Gasteiger partial charge in [-0.3, -0.25) is 0 Å². The van der Waals surface area contributed by atoms with Crippen LogP contribution in [0.1, 0.15) is 45.2 Å². The number of halogens is 1. The van der Waals surface area contributed by atoms with Gasteiger partial charge in [-0.05, 0) is 48.3 Å². The van der Waals surface area contributed by atoms with Crippen LogP contribution in [0.2, 0.25) is 23.3 Å². The molecule has 0 bridgehead atoms. The monoisotopic (exact) mass is 579 g/mol. The fourth-order valence-corrected chi connectivity index (χ4v) is 6.21. The standard InChI is InChI=1S/C29H38ClN7O2Si/c1-28(2,3)40(5,6)39-18-29(4)17-33-26-21(14-31)11-20(12-22(26)29)23-7-9-32-27(34-23)35-25-13-24(30)36-37(25)15-19-8-10-38-16-19/h7,9,11-13,19,33H,8,10,15-18H2,1-6H3,(H,32,34,35)/t19?,29-/m1/s1. The first-order chi connectivity index (χ1) is 18.9. The van der Waals surface area contributed by atoms with Crippen LogP contribution in [-0.2, 0) is 21.1 Å². The van der Waals surface area contributed by atoms with E-state index in [0.717, 1.165) is 48.0 Å². The average Bonchev–Trinajstić information content (AvgIpc) is 3.62. The first kappa shape index (κ1) is 28.6. The van der Waals surface area contributed by atoms with Crippen molar-refractivity contribution < 1.29 is 9.16 Å². The average molecular weight is 580 g/mol. The maximum Gasteiger partial charge on any atom is 0.228 e. The van der Waals surface area contributed by atoms with E-state index in [0.29, 0.717) is 42.3 Å². The third kappa shape index (κ3) is 5.74. The Labute approximate surface area is 242 Å². The zero-order chi connectivity index (χ0) is 28.7. The molecular weight excluding hydrogens is 542 g/mol. The Bertz CT molecular complexity index is 1440. The van der Waals surface area contributed by atoms with E-state index in [1.165, 1.54) is 0 Å². The van der Waals surface area contributed by atoms with Gasteiger partial charge in [0.05, 0.1) is 23.6 Å². The molecule has 2 N–H and O–H groups in total. The van der Waals surface area contributed by atoms with Crippen molar-refractivity contribution in [3.05, 3.63) is 46.7 Å². The Hall–Kier alpha value is -2.97. The molecule has 212 valence electrons. The SMILES string of the molecule is CC(C)(C)[Si](C)(C)OC[C@@]1(C)CNc2c(C#N)cc(-c3ccnc(Nc4cc(Cl)nn4CC4CCOC4)n3)cc21. The molecule has 5 rings (SSSR count). The number of nitrogens with zero attached hydrogens (tertiary/aromatic N) is 5. The number of benzene rings is 1. The third-order valence-electron chi connectivity index (χ3n) is 8.52. The Balaban J connectivity index is 1.42. The molecule has 4 heterocycles. The Kier molecular flexibility index (Phi) is 7.70. The number of aromatic nitrogens is 4. The fraction of sp³-hybridized carbons (Fsp3) is 0.517. The number of fused-ring (bicyclic) bond motifs is 1. The van der Waals surface area contributed by atoms with Crippen molar-refractivity contribution in [3.8, 4) is 17.3 Å². The van der Waals surface area contributed by atoms with Gasteiger partial charge >= 0.3 is 0 Å². The smallest absolute Gasteiger partial charge is 0.228 e. The van der Waals surface area contributed by atoms with Crippen molar-refractivity contribution >= 4 is 37.4 Å². The minimum Gasteiger partial charge on any atom is -0.416 e. The van der Waals surface area contributed by atoms with Crippen LogP contribution in [0.4, 0.5) is 17.5 Å². The molecule has 3 aromatic rings. The van der Waals surface area contributed by atoms with E-state index in [-0.39, 0.29) is 10.5 Å². The van der Waals surface area contributed by atoms with Crippen LogP contribution >= 0.6 is 11.6 Å². The summed E-state index contributed by atoms with van der Waals surface area (Å²) >= 11 is 6.25. The van der Waals surface area contributed by atoms with Crippen molar-refractivity contribution in [1.82, 2.24) is 19.7 Å². The van der Waals surface area contributed by atoms with Gasteiger partial charge in [-0.2, -0.15) is 10.4 Å². The van der Waals surface area contributed by atoms with E-state index in [2.05, 4.69) is 73.6 Å². The van der Waals surface area contributed by atoms with Crippen molar-refractivity contribution in [2.75, 3.05) is 37.0 Å². The number of nitriles is 1. The minimum absolute atomic E-state index is 0.118. The lowest BCUT2D eigenvalue weighted by molar-refractivity contribution is 0.181. The summed E-state index contributed by atoms with van der Waals surface area (Å²) in [4.78, 5) is 9.24. The van der Waals surface area contributed by atoms with E-state index in [4.69, 9.17) is 25.7 Å². The quantitative estimate of drug-likeness (QED) is 0.297. The highest BCUT2D eigenvalue weighted by molar-refractivity contribution is 6.74. The molecule has 1 saturated heterocycles. The maximum absolute atomic E-state index is 10.0. The van der Waals surface area contributed by atoms with Gasteiger partial charge < -0.3 is 19.8 Å². The number of nitrogens with one attached hydrogen (secondary N) is 2. The van der Waals surface area contributed by atoms with Crippen molar-refractivity contribution in [2.24, 2.45) is 5.92 Å². The molecular formula is C29H38ClN7O2Si. The summed E-state index contributed by atoms with van der Waals surface area (Å²) in [6, 6.07) is 10.0. The molecule has 0 aliphatic carbocycles. The molecule has 2 aromatic heterocycles. The van der Waals surface area contributed by atoms with Gasteiger partial charge in [0.25, 0.3) is 0 Å². The molecule has 11 heteroatoms. The molecule has 2 atom stereocenters. The molecule has 1 aromatic carbocycles. The second-order valence-electron chi connectivity index (χ2n) is 12.7. The van der Waals surface area contributed by atoms with E-state index >= 15 is 0 Å². The summed E-state index contributed by atoms with van der Waals surface area (Å²) in [5.41, 5.74) is 3.87. The topological polar surface area (TPSA) is 110 Å². The zero-order valence-corrected chi connectivity index (χ0v) is 25.9. The van der Waals surface area contributed by atoms with Gasteiger partial charge in [0.2, 0.25) is 5.95 Å². The summed E-state index contributed by atoms with van der Waals surface area (Å²) in [6.45, 7) is 17.0. The first-order valence-corrected chi connectivity index (χ1v) is 17.1. The van der Waals surface area contributed by atoms with E-state index in [1.807, 2.05) is 16.8 Å². The van der Waals surface area contributed by atoms with Crippen molar-refractivity contribution in [1.29, 1.82) is 5.26 Å². The number of rotatable bonds is 8. The second-order valence-corrected chi connectivity index (χ2v) is 17.9. The molecule has 0 amide bonds. The van der Waals surface area contributed by atoms with Gasteiger partial charge in [-0.15, -0.1) is 0 Å². The molecule has 1 fully saturated rings. The highest BCUT2D eigenvalue weighted by Gasteiger charge is 2.42. The van der Waals surface area contributed by atoms with E-state index < -0.39 is 8.32 Å². The summed E-state index contributed by atoms with van der Waals surface area (Å²) in [5.74, 6) is 1.54. The Morgan fingerprint density at radius 3 is 2.83 bits per heavy atom. The summed E-state index contributed by atoms with van der Waals surface area (Å²) < 4.78 is 14.0. The number of hydrogen-bond acceptors (Lipinski definition) is 8. The molecule has 0 spiro atoms. The van der Waals surface area contributed by atoms with Crippen LogP contribution in [0.25, 0.3) is 11.3 Å². The second kappa shape index (κ2) is 10.8. The van der Waals surface area contributed by atoms with Crippen LogP contribution in [0.5, 0.6) is 0 Å². The predicted octanol–water partition coefficient (Wildman–Crippen LogP) is 6.35. The van der Waals surface area contributed by atoms with Crippen LogP contribution in [-0.4, -0.2) is 54.4 Å². The minimum atomic E-state index is -1.94. The molecule has 40 heavy (non-hydrogen) atoms. The van der Waals surface area contributed by atoms with E-state index in [1.54, 1.807) is 12.3 Å². The largest absolute Gasteiger partial charge is 0.416 e. The number of hydrogen-bond donors (Lipinski definition) is 2. The van der Waals surface area contributed by atoms with Crippen molar-refractivity contribution in [3.63, 3.8) is 0 Å². The highest BCUT2D eigenvalue weighted by Crippen LogP contribution is 2.44. The highest BCUT2D eigenvalue weighted by atomic mass is 35.5. The third-order valence-corrected chi connectivity index (χ3v) is 13.2. The molecule has 2 aliphatic rings. The Morgan fingerprint density at radius 2 is 2.12 bits per heavy atom. The molecule has 1 unspecified atom stereocenters. The number of ether oxygens (including phenoxy) is 1. The van der Waals surface area contributed by atoms with Crippen LogP contribution in [0.3, 0.4) is 0 Å². The van der Waals surface area contributed by atoms with Gasteiger partial charge in [-0.25, -0.2) is 14.6 Å².